The summed E-state index contributed by atoms with van der Waals surface area (Å²) in [6.07, 6.45) is 2.93. The van der Waals surface area contributed by atoms with Gasteiger partial charge in [0.25, 0.3) is 0 Å². The Bertz CT molecular complexity index is 570. The Kier molecular flexibility index (Phi) is 3.43. The van der Waals surface area contributed by atoms with Crippen molar-refractivity contribution in [2.45, 2.75) is 0 Å². The zero-order chi connectivity index (χ0) is 13.0. The lowest BCUT2D eigenvalue weighted by atomic mass is 10.2. The summed E-state index contributed by atoms with van der Waals surface area (Å²) in [5.41, 5.74) is 6.50. The van der Waals surface area contributed by atoms with Crippen molar-refractivity contribution in [1.29, 1.82) is 0 Å². The van der Waals surface area contributed by atoms with E-state index in [1.165, 1.54) is 19.5 Å². The van der Waals surface area contributed by atoms with Crippen molar-refractivity contribution < 1.29 is 14.3 Å². The van der Waals surface area contributed by atoms with Gasteiger partial charge in [-0.2, -0.15) is 0 Å². The third-order valence-electron chi connectivity index (χ3n) is 2.27. The van der Waals surface area contributed by atoms with Gasteiger partial charge >= 0.3 is 5.97 Å². The van der Waals surface area contributed by atoms with Crippen LogP contribution in [0.15, 0.2) is 42.7 Å². The second-order valence-corrected chi connectivity index (χ2v) is 3.54. The molecule has 0 radical (unpaired) electrons. The molecule has 1 heterocycles. The van der Waals surface area contributed by atoms with Gasteiger partial charge in [0.05, 0.1) is 7.11 Å². The van der Waals surface area contributed by atoms with E-state index in [4.69, 9.17) is 10.5 Å². The molecule has 2 aromatic rings. The van der Waals surface area contributed by atoms with Gasteiger partial charge < -0.3 is 15.2 Å². The molecule has 5 nitrogen and oxygen atoms in total. The number of hydrogen-bond donors (Lipinski definition) is 1. The van der Waals surface area contributed by atoms with E-state index in [0.717, 1.165) is 0 Å². The largest absolute Gasteiger partial charge is 0.465 e. The fourth-order valence-corrected chi connectivity index (χ4v) is 1.44. The molecule has 2 N–H and O–H groups in total. The smallest absolute Gasteiger partial charge is 0.343 e. The Morgan fingerprint density at radius 3 is 2.89 bits per heavy atom. The molecule has 1 aromatic heterocycles. The number of carbonyl (C=O) groups is 1. The highest BCUT2D eigenvalue weighted by Gasteiger charge is 2.13. The molecule has 0 amide bonds. The first-order chi connectivity index (χ1) is 8.70. The summed E-state index contributed by atoms with van der Waals surface area (Å²) >= 11 is 0. The SMILES string of the molecule is COC(=O)c1cnccc1Oc1cccc(N)c1. The van der Waals surface area contributed by atoms with Crippen molar-refractivity contribution in [2.24, 2.45) is 0 Å². The molecule has 0 aliphatic rings. The van der Waals surface area contributed by atoms with E-state index in [9.17, 15) is 4.79 Å². The van der Waals surface area contributed by atoms with Crippen molar-refractivity contribution in [3.63, 3.8) is 0 Å². The normalized spacial score (nSPS) is 9.83. The standard InChI is InChI=1S/C13H12N2O3/c1-17-13(16)11-8-15-6-5-12(11)18-10-4-2-3-9(14)7-10/h2-8H,14H2,1H3. The number of aromatic nitrogens is 1. The molecule has 0 atom stereocenters. The molecule has 0 spiro atoms. The first-order valence-corrected chi connectivity index (χ1v) is 5.26. The first-order valence-electron chi connectivity index (χ1n) is 5.26. The number of pyridine rings is 1. The average Bonchev–Trinajstić information content (AvgIpc) is 2.38. The zero-order valence-electron chi connectivity index (χ0n) is 9.79. The van der Waals surface area contributed by atoms with Crippen LogP contribution in [0.4, 0.5) is 5.69 Å². The van der Waals surface area contributed by atoms with Gasteiger partial charge in [-0.1, -0.05) is 6.07 Å². The lowest BCUT2D eigenvalue weighted by molar-refractivity contribution is 0.0597. The molecule has 0 saturated carbocycles. The highest BCUT2D eigenvalue weighted by Crippen LogP contribution is 2.26. The van der Waals surface area contributed by atoms with Gasteiger partial charge in [-0.3, -0.25) is 4.98 Å². The minimum absolute atomic E-state index is 0.266. The van der Waals surface area contributed by atoms with E-state index in [-0.39, 0.29) is 5.56 Å². The number of nitrogens with two attached hydrogens (primary N) is 1. The number of carbonyl (C=O) groups excluding carboxylic acids is 1. The summed E-state index contributed by atoms with van der Waals surface area (Å²) in [7, 11) is 1.31. The predicted octanol–water partition coefficient (Wildman–Crippen LogP) is 2.24. The predicted molar refractivity (Wildman–Crippen MR) is 66.5 cm³/mol. The molecular weight excluding hydrogens is 232 g/mol. The van der Waals surface area contributed by atoms with Crippen LogP contribution in [0.5, 0.6) is 11.5 Å². The Balaban J connectivity index is 2.32. The fraction of sp³-hybridized carbons (Fsp3) is 0.0769. The first kappa shape index (κ1) is 11.9. The second-order valence-electron chi connectivity index (χ2n) is 3.54. The summed E-state index contributed by atoms with van der Waals surface area (Å²) in [5, 5.41) is 0. The van der Waals surface area contributed by atoms with E-state index in [1.54, 1.807) is 30.3 Å². The zero-order valence-corrected chi connectivity index (χ0v) is 9.79. The van der Waals surface area contributed by atoms with Crippen molar-refractivity contribution in [3.05, 3.63) is 48.3 Å². The van der Waals surface area contributed by atoms with Crippen molar-refractivity contribution in [2.75, 3.05) is 12.8 Å². The number of rotatable bonds is 3. The monoisotopic (exact) mass is 244 g/mol. The quantitative estimate of drug-likeness (QED) is 0.662. The molecule has 0 aliphatic heterocycles. The van der Waals surface area contributed by atoms with E-state index in [1.807, 2.05) is 0 Å². The Morgan fingerprint density at radius 2 is 2.17 bits per heavy atom. The molecule has 0 saturated heterocycles. The third kappa shape index (κ3) is 2.57. The molecule has 0 bridgehead atoms. The summed E-state index contributed by atoms with van der Waals surface area (Å²) in [6, 6.07) is 8.53. The second kappa shape index (κ2) is 5.18. The van der Waals surface area contributed by atoms with Crippen molar-refractivity contribution >= 4 is 11.7 Å². The summed E-state index contributed by atoms with van der Waals surface area (Å²) in [6.45, 7) is 0. The molecule has 1 aromatic carbocycles. The van der Waals surface area contributed by atoms with Gasteiger partial charge in [-0.05, 0) is 12.1 Å². The van der Waals surface area contributed by atoms with Gasteiger partial charge in [-0.25, -0.2) is 4.79 Å². The van der Waals surface area contributed by atoms with Crippen molar-refractivity contribution in [1.82, 2.24) is 4.98 Å². The molecule has 92 valence electrons. The topological polar surface area (TPSA) is 74.4 Å². The minimum Gasteiger partial charge on any atom is -0.465 e. The molecule has 0 unspecified atom stereocenters. The maximum absolute atomic E-state index is 11.5. The van der Waals surface area contributed by atoms with Crippen LogP contribution in [-0.4, -0.2) is 18.1 Å². The Labute approximate surface area is 104 Å². The van der Waals surface area contributed by atoms with Gasteiger partial charge in [0.2, 0.25) is 0 Å². The van der Waals surface area contributed by atoms with Gasteiger partial charge in [0.15, 0.2) is 0 Å². The number of benzene rings is 1. The lowest BCUT2D eigenvalue weighted by Crippen LogP contribution is -2.04. The third-order valence-corrected chi connectivity index (χ3v) is 2.27. The maximum atomic E-state index is 11.5. The van der Waals surface area contributed by atoms with Gasteiger partial charge in [0, 0.05) is 30.2 Å². The lowest BCUT2D eigenvalue weighted by Gasteiger charge is -2.09. The summed E-state index contributed by atoms with van der Waals surface area (Å²) in [5.74, 6) is 0.427. The number of nitrogen functional groups attached to an aromatic ring is 1. The van der Waals surface area contributed by atoms with E-state index < -0.39 is 5.97 Å². The molecular formula is C13H12N2O3. The number of esters is 1. The fourth-order valence-electron chi connectivity index (χ4n) is 1.44. The number of anilines is 1. The van der Waals surface area contributed by atoms with Crippen LogP contribution in [0.1, 0.15) is 10.4 Å². The Morgan fingerprint density at radius 1 is 1.33 bits per heavy atom. The van der Waals surface area contributed by atoms with Gasteiger partial charge in [0.1, 0.15) is 17.1 Å². The number of nitrogens with zero attached hydrogens (tertiary/aromatic N) is 1. The molecule has 5 heteroatoms. The highest BCUT2D eigenvalue weighted by atomic mass is 16.5. The van der Waals surface area contributed by atoms with Crippen LogP contribution in [0, 0.1) is 0 Å². The summed E-state index contributed by atoms with van der Waals surface area (Å²) < 4.78 is 10.2. The molecule has 0 aliphatic carbocycles. The van der Waals surface area contributed by atoms with Crippen LogP contribution >= 0.6 is 0 Å². The van der Waals surface area contributed by atoms with Gasteiger partial charge in [-0.15, -0.1) is 0 Å². The van der Waals surface area contributed by atoms with E-state index >= 15 is 0 Å². The number of hydrogen-bond acceptors (Lipinski definition) is 5. The Hall–Kier alpha value is -2.56. The van der Waals surface area contributed by atoms with Crippen LogP contribution in [-0.2, 0) is 4.74 Å². The number of ether oxygens (including phenoxy) is 2. The number of methoxy groups -OCH3 is 1. The summed E-state index contributed by atoms with van der Waals surface area (Å²) in [4.78, 5) is 15.4. The highest BCUT2D eigenvalue weighted by molar-refractivity contribution is 5.92. The molecule has 2 rings (SSSR count). The van der Waals surface area contributed by atoms with E-state index in [2.05, 4.69) is 9.72 Å². The van der Waals surface area contributed by atoms with Crippen LogP contribution in [0.25, 0.3) is 0 Å². The van der Waals surface area contributed by atoms with Crippen LogP contribution in [0.3, 0.4) is 0 Å². The van der Waals surface area contributed by atoms with Crippen molar-refractivity contribution in [3.8, 4) is 11.5 Å². The van der Waals surface area contributed by atoms with Crippen LogP contribution < -0.4 is 10.5 Å². The maximum Gasteiger partial charge on any atom is 0.343 e. The van der Waals surface area contributed by atoms with E-state index in [0.29, 0.717) is 17.2 Å². The molecule has 0 fully saturated rings. The van der Waals surface area contributed by atoms with Crippen LogP contribution in [0.2, 0.25) is 0 Å². The minimum atomic E-state index is -0.498. The average molecular weight is 244 g/mol. The molecule has 18 heavy (non-hydrogen) atoms.